The van der Waals surface area contributed by atoms with E-state index in [0.29, 0.717) is 30.4 Å². The zero-order valence-corrected chi connectivity index (χ0v) is 17.1. The van der Waals surface area contributed by atoms with Gasteiger partial charge in [-0.1, -0.05) is 16.5 Å². The van der Waals surface area contributed by atoms with Gasteiger partial charge in [0.1, 0.15) is 11.6 Å². The largest absolute Gasteiger partial charge is 0.361 e. The summed E-state index contributed by atoms with van der Waals surface area (Å²) in [7, 11) is 0. The molecule has 3 aromatic rings. The summed E-state index contributed by atoms with van der Waals surface area (Å²) in [4.78, 5) is 32.8. The monoisotopic (exact) mass is 432 g/mol. The Morgan fingerprint density at radius 3 is 2.86 bits per heavy atom. The highest BCUT2D eigenvalue weighted by Gasteiger charge is 2.25. The number of benzene rings is 1. The lowest BCUT2D eigenvalue weighted by Crippen LogP contribution is -2.36. The minimum atomic E-state index is -0.378. The van der Waals surface area contributed by atoms with Crippen LogP contribution in [0.4, 0.5) is 9.52 Å². The van der Waals surface area contributed by atoms with Crippen LogP contribution in [0.5, 0.6) is 0 Å². The normalized spacial score (nSPS) is 13.2. The first-order chi connectivity index (χ1) is 14.0. The van der Waals surface area contributed by atoms with E-state index in [1.54, 1.807) is 30.0 Å². The number of rotatable bonds is 5. The number of amides is 2. The lowest BCUT2D eigenvalue weighted by Gasteiger charge is -2.26. The average Bonchev–Trinajstić information content (AvgIpc) is 3.32. The topological polar surface area (TPSA) is 88.3 Å². The Kier molecular flexibility index (Phi) is 5.63. The van der Waals surface area contributed by atoms with Crippen LogP contribution in [-0.2, 0) is 17.8 Å². The molecule has 0 aliphatic carbocycles. The molecule has 0 saturated carbocycles. The van der Waals surface area contributed by atoms with Crippen LogP contribution in [0.3, 0.4) is 0 Å². The molecule has 2 aromatic heterocycles. The number of thiazole rings is 1. The molecule has 0 saturated heterocycles. The maximum atomic E-state index is 13.0. The Morgan fingerprint density at radius 2 is 2.14 bits per heavy atom. The van der Waals surface area contributed by atoms with E-state index in [1.807, 2.05) is 0 Å². The number of halogens is 1. The lowest BCUT2D eigenvalue weighted by molar-refractivity contribution is -0.129. The summed E-state index contributed by atoms with van der Waals surface area (Å²) in [6.07, 6.45) is 0.637. The molecule has 2 amide bonds. The van der Waals surface area contributed by atoms with Crippen LogP contribution < -0.4 is 5.32 Å². The van der Waals surface area contributed by atoms with Crippen molar-refractivity contribution >= 4 is 40.0 Å². The average molecular weight is 433 g/mol. The van der Waals surface area contributed by atoms with Crippen molar-refractivity contribution in [2.45, 2.75) is 24.8 Å². The van der Waals surface area contributed by atoms with E-state index < -0.39 is 0 Å². The molecule has 0 radical (unpaired) electrons. The van der Waals surface area contributed by atoms with Crippen molar-refractivity contribution in [1.82, 2.24) is 15.0 Å². The summed E-state index contributed by atoms with van der Waals surface area (Å²) in [6, 6.07) is 7.65. The van der Waals surface area contributed by atoms with Crippen LogP contribution >= 0.6 is 23.1 Å². The number of aryl methyl sites for hydroxylation is 1. The molecule has 1 aliphatic rings. The van der Waals surface area contributed by atoms with Crippen molar-refractivity contribution in [2.75, 3.05) is 17.6 Å². The molecule has 0 bridgehead atoms. The van der Waals surface area contributed by atoms with Crippen molar-refractivity contribution in [1.29, 1.82) is 0 Å². The standard InChI is InChI=1S/C19H17FN4O3S2/c1-11-8-15(23-27-11)18(26)22-19-21-14-6-7-24(9-16(14)29-19)17(25)10-28-13-4-2-12(20)3-5-13/h2-5,8H,6-7,9-10H2,1H3,(H,21,22,26). The Balaban J connectivity index is 1.35. The van der Waals surface area contributed by atoms with Gasteiger partial charge >= 0.3 is 0 Å². The van der Waals surface area contributed by atoms with Gasteiger partial charge in [-0.05, 0) is 31.2 Å². The van der Waals surface area contributed by atoms with Crippen molar-refractivity contribution < 1.29 is 18.5 Å². The summed E-state index contributed by atoms with van der Waals surface area (Å²) in [5.41, 5.74) is 1.10. The third-order valence-electron chi connectivity index (χ3n) is 4.34. The van der Waals surface area contributed by atoms with Gasteiger partial charge in [-0.3, -0.25) is 14.9 Å². The van der Waals surface area contributed by atoms with Crippen LogP contribution in [0.25, 0.3) is 0 Å². The number of carbonyl (C=O) groups excluding carboxylic acids is 2. The number of aromatic nitrogens is 2. The Bertz CT molecular complexity index is 1050. The van der Waals surface area contributed by atoms with Gasteiger partial charge in [0.05, 0.1) is 18.0 Å². The van der Waals surface area contributed by atoms with E-state index in [4.69, 9.17) is 4.52 Å². The summed E-state index contributed by atoms with van der Waals surface area (Å²) in [5.74, 6) is 0.186. The van der Waals surface area contributed by atoms with Crippen LogP contribution in [-0.4, -0.2) is 39.2 Å². The molecular weight excluding hydrogens is 415 g/mol. The molecule has 0 fully saturated rings. The zero-order chi connectivity index (χ0) is 20.4. The van der Waals surface area contributed by atoms with E-state index >= 15 is 0 Å². The molecule has 1 aliphatic heterocycles. The van der Waals surface area contributed by atoms with Gasteiger partial charge < -0.3 is 9.42 Å². The van der Waals surface area contributed by atoms with Gasteiger partial charge in [-0.15, -0.1) is 11.8 Å². The predicted molar refractivity (Wildman–Crippen MR) is 108 cm³/mol. The lowest BCUT2D eigenvalue weighted by atomic mass is 10.2. The molecule has 7 nitrogen and oxygen atoms in total. The Morgan fingerprint density at radius 1 is 1.34 bits per heavy atom. The first-order valence-electron chi connectivity index (χ1n) is 8.87. The third kappa shape index (κ3) is 4.65. The molecule has 29 heavy (non-hydrogen) atoms. The molecule has 0 unspecified atom stereocenters. The second-order valence-electron chi connectivity index (χ2n) is 6.47. The molecule has 0 spiro atoms. The minimum Gasteiger partial charge on any atom is -0.361 e. The SMILES string of the molecule is Cc1cc(C(=O)Nc2nc3c(s2)CN(C(=O)CSc2ccc(F)cc2)CC3)no1. The first kappa shape index (κ1) is 19.6. The number of hydrogen-bond acceptors (Lipinski definition) is 7. The first-order valence-corrected chi connectivity index (χ1v) is 10.7. The second-order valence-corrected chi connectivity index (χ2v) is 8.61. The van der Waals surface area contributed by atoms with Gasteiger partial charge in [-0.25, -0.2) is 9.37 Å². The maximum Gasteiger partial charge on any atom is 0.279 e. The number of nitrogens with zero attached hydrogens (tertiary/aromatic N) is 3. The van der Waals surface area contributed by atoms with Gasteiger partial charge in [-0.2, -0.15) is 0 Å². The van der Waals surface area contributed by atoms with E-state index in [1.165, 1.54) is 35.2 Å². The van der Waals surface area contributed by atoms with E-state index in [9.17, 15) is 14.0 Å². The van der Waals surface area contributed by atoms with E-state index in [2.05, 4.69) is 15.5 Å². The molecule has 4 rings (SSSR count). The Labute approximate surface area is 174 Å². The van der Waals surface area contributed by atoms with Crippen LogP contribution in [0, 0.1) is 12.7 Å². The second kappa shape index (κ2) is 8.34. The molecule has 0 atom stereocenters. The molecular formula is C19H17FN4O3S2. The van der Waals surface area contributed by atoms with Gasteiger partial charge in [0.2, 0.25) is 5.91 Å². The highest BCUT2D eigenvalue weighted by atomic mass is 32.2. The number of anilines is 1. The number of fused-ring (bicyclic) bond motifs is 1. The van der Waals surface area contributed by atoms with E-state index in [-0.39, 0.29) is 29.1 Å². The zero-order valence-electron chi connectivity index (χ0n) is 15.5. The number of carbonyl (C=O) groups is 2. The van der Waals surface area contributed by atoms with Crippen molar-refractivity contribution in [3.05, 3.63) is 58.2 Å². The predicted octanol–water partition coefficient (Wildman–Crippen LogP) is 3.51. The quantitative estimate of drug-likeness (QED) is 0.621. The van der Waals surface area contributed by atoms with Crippen molar-refractivity contribution in [2.24, 2.45) is 0 Å². The number of thioether (sulfide) groups is 1. The van der Waals surface area contributed by atoms with E-state index in [0.717, 1.165) is 15.5 Å². The summed E-state index contributed by atoms with van der Waals surface area (Å²) in [6.45, 7) is 2.76. The summed E-state index contributed by atoms with van der Waals surface area (Å²) >= 11 is 2.74. The smallest absolute Gasteiger partial charge is 0.279 e. The van der Waals surface area contributed by atoms with Gasteiger partial charge in [0.25, 0.3) is 5.91 Å². The highest BCUT2D eigenvalue weighted by Crippen LogP contribution is 2.29. The van der Waals surface area contributed by atoms with Crippen LogP contribution in [0.2, 0.25) is 0 Å². The van der Waals surface area contributed by atoms with Gasteiger partial charge in [0, 0.05) is 28.8 Å². The number of nitrogens with one attached hydrogen (secondary N) is 1. The fourth-order valence-electron chi connectivity index (χ4n) is 2.86. The molecule has 1 N–H and O–H groups in total. The van der Waals surface area contributed by atoms with Crippen molar-refractivity contribution in [3.63, 3.8) is 0 Å². The molecule has 3 heterocycles. The summed E-state index contributed by atoms with van der Waals surface area (Å²) in [5, 5.41) is 6.91. The minimum absolute atomic E-state index is 0.0158. The maximum absolute atomic E-state index is 13.0. The Hall–Kier alpha value is -2.72. The fourth-order valence-corrected chi connectivity index (χ4v) is 4.68. The van der Waals surface area contributed by atoms with Crippen LogP contribution in [0.15, 0.2) is 39.8 Å². The third-order valence-corrected chi connectivity index (χ3v) is 6.34. The molecule has 10 heteroatoms. The fraction of sp³-hybridized carbons (Fsp3) is 0.263. The summed E-state index contributed by atoms with van der Waals surface area (Å²) < 4.78 is 17.9. The molecule has 150 valence electrons. The number of hydrogen-bond donors (Lipinski definition) is 1. The molecule has 1 aromatic carbocycles. The van der Waals surface area contributed by atoms with Crippen LogP contribution in [0.1, 0.15) is 26.8 Å². The highest BCUT2D eigenvalue weighted by molar-refractivity contribution is 8.00. The van der Waals surface area contributed by atoms with Gasteiger partial charge in [0.15, 0.2) is 10.8 Å². The van der Waals surface area contributed by atoms with Crippen molar-refractivity contribution in [3.8, 4) is 0 Å².